The van der Waals surface area contributed by atoms with E-state index < -0.39 is 0 Å². The van der Waals surface area contributed by atoms with Gasteiger partial charge in [-0.1, -0.05) is 12.1 Å². The molecular weight excluding hydrogens is 469 g/mol. The van der Waals surface area contributed by atoms with Crippen LogP contribution in [-0.2, 0) is 11.2 Å². The highest BCUT2D eigenvalue weighted by Gasteiger charge is 2.22. The monoisotopic (exact) mass is 497 g/mol. The Morgan fingerprint density at radius 3 is 2.46 bits per heavy atom. The number of benzene rings is 2. The SMILES string of the molecule is Cc1ccc(-c2cc3c4nnc(CCC(=O)N5CCN(c6ccc(F)cc6)CC5)n4ccn3n2)cc1C. The topological polar surface area (TPSA) is 71.0 Å². The summed E-state index contributed by atoms with van der Waals surface area (Å²) in [5, 5.41) is 13.5. The lowest BCUT2D eigenvalue weighted by Gasteiger charge is -2.36. The van der Waals surface area contributed by atoms with Crippen LogP contribution in [0.25, 0.3) is 22.4 Å². The number of nitrogens with zero attached hydrogens (tertiary/aromatic N) is 7. The maximum Gasteiger partial charge on any atom is 0.223 e. The van der Waals surface area contributed by atoms with Crippen LogP contribution in [0.15, 0.2) is 60.9 Å². The molecule has 8 nitrogen and oxygen atoms in total. The Kier molecular flexibility index (Phi) is 5.82. The number of fused-ring (bicyclic) bond motifs is 3. The predicted octanol–water partition coefficient (Wildman–Crippen LogP) is 4.08. The molecule has 1 amide bonds. The quantitative estimate of drug-likeness (QED) is 0.366. The van der Waals surface area contributed by atoms with Crippen molar-refractivity contribution in [1.82, 2.24) is 29.1 Å². The molecule has 1 aliphatic heterocycles. The van der Waals surface area contributed by atoms with Gasteiger partial charge in [-0.3, -0.25) is 9.20 Å². The molecule has 1 saturated heterocycles. The van der Waals surface area contributed by atoms with Gasteiger partial charge < -0.3 is 9.80 Å². The first-order valence-electron chi connectivity index (χ1n) is 12.5. The Hall–Kier alpha value is -4.27. The highest BCUT2D eigenvalue weighted by atomic mass is 19.1. The molecule has 0 saturated carbocycles. The lowest BCUT2D eigenvalue weighted by atomic mass is 10.0. The normalized spacial score (nSPS) is 14.1. The van der Waals surface area contributed by atoms with Crippen molar-refractivity contribution in [3.8, 4) is 11.3 Å². The molecule has 5 aromatic rings. The predicted molar refractivity (Wildman–Crippen MR) is 140 cm³/mol. The van der Waals surface area contributed by atoms with Crippen molar-refractivity contribution >= 4 is 22.8 Å². The fourth-order valence-corrected chi connectivity index (χ4v) is 4.91. The molecule has 6 rings (SSSR count). The molecule has 4 heterocycles. The molecule has 0 atom stereocenters. The third kappa shape index (κ3) is 4.41. The van der Waals surface area contributed by atoms with Crippen LogP contribution < -0.4 is 4.90 Å². The second-order valence-electron chi connectivity index (χ2n) is 9.61. The summed E-state index contributed by atoms with van der Waals surface area (Å²) in [7, 11) is 0. The van der Waals surface area contributed by atoms with Gasteiger partial charge in [-0.2, -0.15) is 5.10 Å². The minimum atomic E-state index is -0.241. The molecule has 0 spiro atoms. The van der Waals surface area contributed by atoms with Gasteiger partial charge in [0.15, 0.2) is 5.65 Å². The minimum Gasteiger partial charge on any atom is -0.368 e. The van der Waals surface area contributed by atoms with Crippen molar-refractivity contribution in [2.45, 2.75) is 26.7 Å². The summed E-state index contributed by atoms with van der Waals surface area (Å²) >= 11 is 0. The number of hydrogen-bond donors (Lipinski definition) is 0. The zero-order valence-electron chi connectivity index (χ0n) is 20.9. The number of piperazine rings is 1. The second kappa shape index (κ2) is 9.31. The van der Waals surface area contributed by atoms with Crippen molar-refractivity contribution in [2.24, 2.45) is 0 Å². The maximum atomic E-state index is 13.2. The van der Waals surface area contributed by atoms with Gasteiger partial charge >= 0.3 is 0 Å². The first-order chi connectivity index (χ1) is 18.0. The van der Waals surface area contributed by atoms with Gasteiger partial charge in [-0.25, -0.2) is 8.91 Å². The molecule has 0 aliphatic carbocycles. The molecule has 0 N–H and O–H groups in total. The first kappa shape index (κ1) is 23.1. The summed E-state index contributed by atoms with van der Waals surface area (Å²) in [6.07, 6.45) is 4.68. The number of halogens is 1. The van der Waals surface area contributed by atoms with E-state index in [9.17, 15) is 9.18 Å². The van der Waals surface area contributed by atoms with E-state index in [0.29, 0.717) is 25.9 Å². The maximum absolute atomic E-state index is 13.2. The van der Waals surface area contributed by atoms with Gasteiger partial charge in [-0.15, -0.1) is 10.2 Å². The van der Waals surface area contributed by atoms with Crippen molar-refractivity contribution in [3.05, 3.63) is 83.7 Å². The van der Waals surface area contributed by atoms with E-state index in [-0.39, 0.29) is 11.7 Å². The van der Waals surface area contributed by atoms with Crippen molar-refractivity contribution in [2.75, 3.05) is 31.1 Å². The molecule has 9 heteroatoms. The lowest BCUT2D eigenvalue weighted by molar-refractivity contribution is -0.131. The molecule has 0 bridgehead atoms. The van der Waals surface area contributed by atoms with Crippen LogP contribution in [0.2, 0.25) is 0 Å². The zero-order chi connectivity index (χ0) is 25.5. The van der Waals surface area contributed by atoms with Gasteiger partial charge in [0.25, 0.3) is 0 Å². The smallest absolute Gasteiger partial charge is 0.223 e. The summed E-state index contributed by atoms with van der Waals surface area (Å²) in [5.74, 6) is 0.622. The van der Waals surface area contributed by atoms with E-state index >= 15 is 0 Å². The number of rotatable bonds is 5. The number of amides is 1. The van der Waals surface area contributed by atoms with Gasteiger partial charge in [0, 0.05) is 62.7 Å². The number of aromatic nitrogens is 5. The largest absolute Gasteiger partial charge is 0.368 e. The molecule has 3 aromatic heterocycles. The minimum absolute atomic E-state index is 0.109. The molecule has 0 radical (unpaired) electrons. The Morgan fingerprint density at radius 1 is 0.919 bits per heavy atom. The van der Waals surface area contributed by atoms with Gasteiger partial charge in [0.05, 0.1) is 5.69 Å². The van der Waals surface area contributed by atoms with Crippen LogP contribution in [-0.4, -0.2) is 61.2 Å². The molecule has 188 valence electrons. The van der Waals surface area contributed by atoms with Gasteiger partial charge in [-0.05, 0) is 61.4 Å². The molecule has 1 fully saturated rings. The Bertz CT molecular complexity index is 1600. The van der Waals surface area contributed by atoms with Crippen molar-refractivity contribution in [1.29, 1.82) is 0 Å². The number of carbonyl (C=O) groups excluding carboxylic acids is 1. The zero-order valence-corrected chi connectivity index (χ0v) is 20.9. The van der Waals surface area contributed by atoms with E-state index in [4.69, 9.17) is 5.10 Å². The van der Waals surface area contributed by atoms with E-state index in [2.05, 4.69) is 47.1 Å². The third-order valence-corrected chi connectivity index (χ3v) is 7.28. The van der Waals surface area contributed by atoms with Crippen LogP contribution >= 0.6 is 0 Å². The van der Waals surface area contributed by atoms with E-state index in [1.54, 1.807) is 12.1 Å². The van der Waals surface area contributed by atoms with Crippen LogP contribution in [0, 0.1) is 19.7 Å². The summed E-state index contributed by atoms with van der Waals surface area (Å²) in [6, 6.07) is 14.9. The fourth-order valence-electron chi connectivity index (χ4n) is 4.91. The van der Waals surface area contributed by atoms with Crippen molar-refractivity contribution in [3.63, 3.8) is 0 Å². The number of aryl methyl sites for hydroxylation is 3. The summed E-state index contributed by atoms with van der Waals surface area (Å²) in [6.45, 7) is 6.95. The molecule has 2 aromatic carbocycles. The van der Waals surface area contributed by atoms with Gasteiger partial charge in [0.1, 0.15) is 17.2 Å². The van der Waals surface area contributed by atoms with Crippen LogP contribution in [0.3, 0.4) is 0 Å². The highest BCUT2D eigenvalue weighted by molar-refractivity contribution is 5.78. The van der Waals surface area contributed by atoms with Crippen LogP contribution in [0.1, 0.15) is 23.4 Å². The van der Waals surface area contributed by atoms with E-state index in [1.165, 1.54) is 23.3 Å². The highest BCUT2D eigenvalue weighted by Crippen LogP contribution is 2.24. The number of hydrogen-bond acceptors (Lipinski definition) is 5. The molecule has 37 heavy (non-hydrogen) atoms. The molecule has 0 unspecified atom stereocenters. The third-order valence-electron chi connectivity index (χ3n) is 7.28. The average molecular weight is 498 g/mol. The molecule has 1 aliphatic rings. The number of anilines is 1. The lowest BCUT2D eigenvalue weighted by Crippen LogP contribution is -2.48. The molecular formula is C28H28FN7O. The van der Waals surface area contributed by atoms with Crippen molar-refractivity contribution < 1.29 is 9.18 Å². The first-order valence-corrected chi connectivity index (χ1v) is 12.5. The van der Waals surface area contributed by atoms with Crippen LogP contribution in [0.5, 0.6) is 0 Å². The summed E-state index contributed by atoms with van der Waals surface area (Å²) in [5.41, 5.74) is 7.01. The second-order valence-corrected chi connectivity index (χ2v) is 9.61. The Morgan fingerprint density at radius 2 is 1.70 bits per heavy atom. The average Bonchev–Trinajstić information content (AvgIpc) is 3.53. The Labute approximate surface area is 214 Å². The summed E-state index contributed by atoms with van der Waals surface area (Å²) < 4.78 is 17.0. The van der Waals surface area contributed by atoms with Gasteiger partial charge in [0.2, 0.25) is 5.91 Å². The number of carbonyl (C=O) groups is 1. The summed E-state index contributed by atoms with van der Waals surface area (Å²) in [4.78, 5) is 17.0. The van der Waals surface area contributed by atoms with E-state index in [1.807, 2.05) is 32.3 Å². The Balaban J connectivity index is 1.13. The fraction of sp³-hybridized carbons (Fsp3) is 0.286. The standard InChI is InChI=1S/C28H28FN7O/c1-19-3-4-21(17-20(19)2)24-18-25-28-31-30-26(35(28)15-16-36(25)32-24)9-10-27(37)34-13-11-33(12-14-34)23-7-5-22(29)6-8-23/h3-8,15-18H,9-14H2,1-2H3. The van der Waals surface area contributed by atoms with E-state index in [0.717, 1.165) is 47.0 Å². The van der Waals surface area contributed by atoms with Crippen LogP contribution in [0.4, 0.5) is 10.1 Å².